The van der Waals surface area contributed by atoms with Gasteiger partial charge in [0.25, 0.3) is 0 Å². The van der Waals surface area contributed by atoms with Crippen LogP contribution in [0.2, 0.25) is 5.15 Å². The van der Waals surface area contributed by atoms with Gasteiger partial charge in [0.1, 0.15) is 11.8 Å². The van der Waals surface area contributed by atoms with E-state index in [0.29, 0.717) is 16.5 Å². The van der Waals surface area contributed by atoms with Crippen molar-refractivity contribution < 1.29 is 0 Å². The number of hydrogen-bond acceptors (Lipinski definition) is 3. The molecule has 1 atom stereocenters. The van der Waals surface area contributed by atoms with Crippen molar-refractivity contribution in [3.05, 3.63) is 17.8 Å². The van der Waals surface area contributed by atoms with E-state index < -0.39 is 0 Å². The van der Waals surface area contributed by atoms with Crippen molar-refractivity contribution in [3.8, 4) is 0 Å². The third-order valence-corrected chi connectivity index (χ3v) is 2.99. The van der Waals surface area contributed by atoms with Crippen LogP contribution in [0.25, 0.3) is 11.2 Å². The Hall–Kier alpha value is -0.870. The number of hydrogen-bond donors (Lipinski definition) is 0. The van der Waals surface area contributed by atoms with Gasteiger partial charge in [-0.3, -0.25) is 0 Å². The fourth-order valence-corrected chi connectivity index (χ4v) is 2.01. The molecule has 4 nitrogen and oxygen atoms in total. The molecule has 0 N–H and O–H groups in total. The molecule has 1 unspecified atom stereocenters. The van der Waals surface area contributed by atoms with Gasteiger partial charge in [-0.05, 0) is 6.42 Å². The van der Waals surface area contributed by atoms with Crippen molar-refractivity contribution in [1.82, 2.24) is 19.5 Å². The summed E-state index contributed by atoms with van der Waals surface area (Å²) in [5, 5.41) is 0.378. The second-order valence-electron chi connectivity index (χ2n) is 3.20. The number of rotatable bonds is 3. The Morgan fingerprint density at radius 2 is 2.20 bits per heavy atom. The van der Waals surface area contributed by atoms with Gasteiger partial charge < -0.3 is 4.57 Å². The van der Waals surface area contributed by atoms with Crippen LogP contribution >= 0.6 is 23.2 Å². The standard InChI is InChI=1S/C9H10Cl2N4/c1-2-6(3-10)15-5-14-7-8(11)12-4-13-9(7)15/h4-6H,2-3H2,1H3. The minimum absolute atomic E-state index is 0.197. The van der Waals surface area contributed by atoms with Gasteiger partial charge >= 0.3 is 0 Å². The first-order valence-electron chi connectivity index (χ1n) is 4.67. The topological polar surface area (TPSA) is 43.6 Å². The second kappa shape index (κ2) is 4.33. The molecule has 0 bridgehead atoms. The van der Waals surface area contributed by atoms with Crippen molar-refractivity contribution in [3.63, 3.8) is 0 Å². The highest BCUT2D eigenvalue weighted by atomic mass is 35.5. The Balaban J connectivity index is 2.58. The Labute approximate surface area is 97.3 Å². The first-order valence-corrected chi connectivity index (χ1v) is 5.58. The molecule has 80 valence electrons. The summed E-state index contributed by atoms with van der Waals surface area (Å²) in [5.41, 5.74) is 1.37. The van der Waals surface area contributed by atoms with Gasteiger partial charge in [-0.25, -0.2) is 15.0 Å². The van der Waals surface area contributed by atoms with E-state index in [-0.39, 0.29) is 6.04 Å². The molecule has 0 amide bonds. The van der Waals surface area contributed by atoms with E-state index in [1.54, 1.807) is 6.33 Å². The van der Waals surface area contributed by atoms with Crippen LogP contribution in [0.1, 0.15) is 19.4 Å². The van der Waals surface area contributed by atoms with E-state index in [2.05, 4.69) is 21.9 Å². The maximum atomic E-state index is 5.90. The van der Waals surface area contributed by atoms with Gasteiger partial charge in [0.05, 0.1) is 6.33 Å². The van der Waals surface area contributed by atoms with E-state index in [4.69, 9.17) is 23.2 Å². The number of imidazole rings is 1. The van der Waals surface area contributed by atoms with Crippen molar-refractivity contribution >= 4 is 34.4 Å². The summed E-state index contributed by atoms with van der Waals surface area (Å²) in [6.07, 6.45) is 4.07. The van der Waals surface area contributed by atoms with Crippen molar-refractivity contribution in [1.29, 1.82) is 0 Å². The Morgan fingerprint density at radius 1 is 1.40 bits per heavy atom. The second-order valence-corrected chi connectivity index (χ2v) is 3.87. The average Bonchev–Trinajstić information content (AvgIpc) is 2.66. The predicted molar refractivity (Wildman–Crippen MR) is 60.4 cm³/mol. The summed E-state index contributed by atoms with van der Waals surface area (Å²) in [6.45, 7) is 2.07. The van der Waals surface area contributed by atoms with Crippen LogP contribution in [0, 0.1) is 0 Å². The van der Waals surface area contributed by atoms with E-state index in [0.717, 1.165) is 12.1 Å². The van der Waals surface area contributed by atoms with Gasteiger partial charge in [-0.1, -0.05) is 18.5 Å². The number of halogens is 2. The van der Waals surface area contributed by atoms with Crippen LogP contribution in [-0.2, 0) is 0 Å². The first-order chi connectivity index (χ1) is 7.27. The fourth-order valence-electron chi connectivity index (χ4n) is 1.47. The molecule has 2 aromatic rings. The van der Waals surface area contributed by atoms with E-state index in [1.807, 2.05) is 4.57 Å². The van der Waals surface area contributed by atoms with Crippen LogP contribution in [-0.4, -0.2) is 25.4 Å². The van der Waals surface area contributed by atoms with Crippen molar-refractivity contribution in [2.45, 2.75) is 19.4 Å². The minimum Gasteiger partial charge on any atom is -0.311 e. The zero-order valence-electron chi connectivity index (χ0n) is 8.19. The largest absolute Gasteiger partial charge is 0.311 e. The highest BCUT2D eigenvalue weighted by molar-refractivity contribution is 6.33. The maximum Gasteiger partial charge on any atom is 0.165 e. The first kappa shape index (κ1) is 10.6. The molecule has 0 aliphatic heterocycles. The molecule has 15 heavy (non-hydrogen) atoms. The molecule has 0 saturated heterocycles. The molecular formula is C9H10Cl2N4. The molecule has 0 radical (unpaired) electrons. The van der Waals surface area contributed by atoms with Crippen LogP contribution in [0.4, 0.5) is 0 Å². The fraction of sp³-hybridized carbons (Fsp3) is 0.444. The molecule has 0 aliphatic carbocycles. The Morgan fingerprint density at radius 3 is 2.87 bits per heavy atom. The summed E-state index contributed by atoms with van der Waals surface area (Å²) in [4.78, 5) is 12.2. The van der Waals surface area contributed by atoms with Crippen LogP contribution in [0.3, 0.4) is 0 Å². The molecule has 2 heterocycles. The lowest BCUT2D eigenvalue weighted by Gasteiger charge is -2.12. The van der Waals surface area contributed by atoms with E-state index in [1.165, 1.54) is 6.33 Å². The highest BCUT2D eigenvalue weighted by Gasteiger charge is 2.14. The molecular weight excluding hydrogens is 235 g/mol. The third kappa shape index (κ3) is 1.79. The van der Waals surface area contributed by atoms with Crippen LogP contribution < -0.4 is 0 Å². The Kier molecular flexibility index (Phi) is 3.07. The summed E-state index contributed by atoms with van der Waals surface area (Å²) in [7, 11) is 0. The van der Waals surface area contributed by atoms with Gasteiger partial charge in [0.2, 0.25) is 0 Å². The van der Waals surface area contributed by atoms with Gasteiger partial charge in [-0.2, -0.15) is 0 Å². The lowest BCUT2D eigenvalue weighted by atomic mass is 10.2. The molecule has 0 saturated carbocycles. The maximum absolute atomic E-state index is 5.90. The van der Waals surface area contributed by atoms with Gasteiger partial charge in [0, 0.05) is 11.9 Å². The molecule has 0 spiro atoms. The summed E-state index contributed by atoms with van der Waals surface area (Å²) < 4.78 is 1.94. The summed E-state index contributed by atoms with van der Waals surface area (Å²) in [5.74, 6) is 0.531. The summed E-state index contributed by atoms with van der Waals surface area (Å²) >= 11 is 11.8. The minimum atomic E-state index is 0.197. The quantitative estimate of drug-likeness (QED) is 0.616. The molecule has 2 rings (SSSR count). The number of aromatic nitrogens is 4. The Bertz CT molecular complexity index is 464. The van der Waals surface area contributed by atoms with Crippen molar-refractivity contribution in [2.24, 2.45) is 0 Å². The molecule has 6 heteroatoms. The third-order valence-electron chi connectivity index (χ3n) is 2.36. The highest BCUT2D eigenvalue weighted by Crippen LogP contribution is 2.22. The lowest BCUT2D eigenvalue weighted by molar-refractivity contribution is 0.546. The van der Waals surface area contributed by atoms with Crippen LogP contribution in [0.15, 0.2) is 12.7 Å². The smallest absolute Gasteiger partial charge is 0.165 e. The zero-order valence-corrected chi connectivity index (χ0v) is 9.70. The summed E-state index contributed by atoms with van der Waals surface area (Å²) in [6, 6.07) is 0.197. The van der Waals surface area contributed by atoms with E-state index in [9.17, 15) is 0 Å². The number of nitrogens with zero attached hydrogens (tertiary/aromatic N) is 4. The van der Waals surface area contributed by atoms with Gasteiger partial charge in [-0.15, -0.1) is 11.6 Å². The molecule has 2 aromatic heterocycles. The molecule has 0 aliphatic rings. The lowest BCUT2D eigenvalue weighted by Crippen LogP contribution is -2.08. The normalized spacial score (nSPS) is 13.3. The average molecular weight is 245 g/mol. The van der Waals surface area contributed by atoms with E-state index >= 15 is 0 Å². The predicted octanol–water partition coefficient (Wildman–Crippen LogP) is 2.67. The van der Waals surface area contributed by atoms with Crippen LogP contribution in [0.5, 0.6) is 0 Å². The number of fused-ring (bicyclic) bond motifs is 1. The SMILES string of the molecule is CCC(CCl)n1cnc2c(Cl)ncnc21. The monoisotopic (exact) mass is 244 g/mol. The van der Waals surface area contributed by atoms with Gasteiger partial charge in [0.15, 0.2) is 10.8 Å². The number of alkyl halides is 1. The molecule has 0 aromatic carbocycles. The van der Waals surface area contributed by atoms with Crippen molar-refractivity contribution in [2.75, 3.05) is 5.88 Å². The zero-order chi connectivity index (χ0) is 10.8. The molecule has 0 fully saturated rings.